The Bertz CT molecular complexity index is 505. The van der Waals surface area contributed by atoms with E-state index < -0.39 is 5.54 Å². The summed E-state index contributed by atoms with van der Waals surface area (Å²) in [6, 6.07) is 7.27. The first-order chi connectivity index (χ1) is 7.47. The van der Waals surface area contributed by atoms with Crippen molar-refractivity contribution in [3.05, 3.63) is 35.2 Å². The Hall–Kier alpha value is -1.10. The van der Waals surface area contributed by atoms with Crippen LogP contribution in [0, 0.1) is 0 Å². The maximum absolute atomic E-state index is 5.88. The molecule has 0 atom stereocenters. The van der Waals surface area contributed by atoms with Gasteiger partial charge in [-0.05, 0) is 26.0 Å². The highest BCUT2D eigenvalue weighted by molar-refractivity contribution is 6.30. The molecule has 4 nitrogen and oxygen atoms in total. The van der Waals surface area contributed by atoms with Crippen molar-refractivity contribution < 1.29 is 4.52 Å². The molecule has 0 fully saturated rings. The lowest BCUT2D eigenvalue weighted by molar-refractivity contribution is 0.312. The lowest BCUT2D eigenvalue weighted by atomic mass is 10.1. The predicted molar refractivity (Wildman–Crippen MR) is 69.2 cm³/mol. The van der Waals surface area contributed by atoms with Crippen molar-refractivity contribution in [2.75, 3.05) is 0 Å². The second kappa shape index (κ2) is 5.04. The van der Waals surface area contributed by atoms with E-state index in [1.165, 1.54) is 0 Å². The number of halogens is 2. The molecule has 17 heavy (non-hydrogen) atoms. The average molecular weight is 274 g/mol. The van der Waals surface area contributed by atoms with Gasteiger partial charge in [-0.3, -0.25) is 0 Å². The van der Waals surface area contributed by atoms with E-state index in [4.69, 9.17) is 21.9 Å². The van der Waals surface area contributed by atoms with Crippen LogP contribution in [0.4, 0.5) is 0 Å². The van der Waals surface area contributed by atoms with Crippen LogP contribution < -0.4 is 5.73 Å². The van der Waals surface area contributed by atoms with E-state index in [-0.39, 0.29) is 12.4 Å². The molecular formula is C11H13Cl2N3O. The maximum atomic E-state index is 5.88. The average Bonchev–Trinajstić information content (AvgIpc) is 2.65. The minimum Gasteiger partial charge on any atom is -0.337 e. The predicted octanol–water partition coefficient (Wildman–Crippen LogP) is 3.01. The minimum atomic E-state index is -0.635. The number of hydrogen-bond acceptors (Lipinski definition) is 4. The van der Waals surface area contributed by atoms with Crippen LogP contribution in [0.2, 0.25) is 5.02 Å². The third-order valence-corrected chi connectivity index (χ3v) is 2.30. The fourth-order valence-electron chi connectivity index (χ4n) is 1.23. The molecule has 0 bridgehead atoms. The zero-order chi connectivity index (χ0) is 11.8. The van der Waals surface area contributed by atoms with Gasteiger partial charge in [0.25, 0.3) is 0 Å². The fourth-order valence-corrected chi connectivity index (χ4v) is 1.42. The number of nitrogens with zero attached hydrogens (tertiary/aromatic N) is 2. The monoisotopic (exact) mass is 273 g/mol. The second-order valence-corrected chi connectivity index (χ2v) is 4.59. The molecule has 1 aromatic carbocycles. The highest BCUT2D eigenvalue weighted by Gasteiger charge is 2.22. The molecule has 92 valence electrons. The van der Waals surface area contributed by atoms with Crippen LogP contribution in [-0.2, 0) is 5.54 Å². The number of nitrogens with two attached hydrogens (primary N) is 1. The Morgan fingerprint density at radius 3 is 2.59 bits per heavy atom. The van der Waals surface area contributed by atoms with Crippen molar-refractivity contribution in [2.45, 2.75) is 19.4 Å². The Kier molecular flexibility index (Phi) is 4.14. The van der Waals surface area contributed by atoms with Gasteiger partial charge in [0.1, 0.15) is 0 Å². The number of rotatable bonds is 2. The van der Waals surface area contributed by atoms with Gasteiger partial charge in [-0.2, -0.15) is 4.98 Å². The summed E-state index contributed by atoms with van der Waals surface area (Å²) >= 11 is 5.88. The molecule has 0 unspecified atom stereocenters. The molecule has 2 rings (SSSR count). The van der Waals surface area contributed by atoms with Crippen molar-refractivity contribution in [1.29, 1.82) is 0 Å². The number of aromatic nitrogens is 2. The van der Waals surface area contributed by atoms with E-state index in [1.807, 2.05) is 26.0 Å². The number of benzene rings is 1. The maximum Gasteiger partial charge on any atom is 0.246 e. The van der Waals surface area contributed by atoms with Gasteiger partial charge >= 0.3 is 0 Å². The second-order valence-electron chi connectivity index (χ2n) is 4.16. The Morgan fingerprint density at radius 1 is 1.35 bits per heavy atom. The molecule has 0 aliphatic heterocycles. The molecule has 0 aliphatic carbocycles. The van der Waals surface area contributed by atoms with E-state index >= 15 is 0 Å². The summed E-state index contributed by atoms with van der Waals surface area (Å²) in [6.07, 6.45) is 0. The van der Waals surface area contributed by atoms with Crippen molar-refractivity contribution in [1.82, 2.24) is 10.1 Å². The molecule has 0 saturated carbocycles. The molecule has 0 radical (unpaired) electrons. The summed E-state index contributed by atoms with van der Waals surface area (Å²) in [6.45, 7) is 3.62. The summed E-state index contributed by atoms with van der Waals surface area (Å²) in [5.74, 6) is 0.901. The summed E-state index contributed by atoms with van der Waals surface area (Å²) < 4.78 is 5.09. The lowest BCUT2D eigenvalue weighted by Gasteiger charge is -2.10. The van der Waals surface area contributed by atoms with Gasteiger partial charge in [0.2, 0.25) is 11.7 Å². The first kappa shape index (κ1) is 14.0. The van der Waals surface area contributed by atoms with Gasteiger partial charge < -0.3 is 10.3 Å². The lowest BCUT2D eigenvalue weighted by Crippen LogP contribution is -2.28. The fraction of sp³-hybridized carbons (Fsp3) is 0.273. The molecule has 6 heteroatoms. The third-order valence-electron chi connectivity index (χ3n) is 2.06. The van der Waals surface area contributed by atoms with Crippen LogP contribution in [0.15, 0.2) is 28.8 Å². The smallest absolute Gasteiger partial charge is 0.246 e. The highest BCUT2D eigenvalue weighted by atomic mass is 35.5. The summed E-state index contributed by atoms with van der Waals surface area (Å²) in [4.78, 5) is 4.23. The quantitative estimate of drug-likeness (QED) is 0.914. The van der Waals surface area contributed by atoms with Crippen LogP contribution in [-0.4, -0.2) is 10.1 Å². The SMILES string of the molecule is CC(C)(N)c1nc(-c2cccc(Cl)c2)no1.Cl. The Labute approximate surface area is 111 Å². The van der Waals surface area contributed by atoms with Crippen molar-refractivity contribution in [2.24, 2.45) is 5.73 Å². The third kappa shape index (κ3) is 3.19. The largest absolute Gasteiger partial charge is 0.337 e. The zero-order valence-corrected chi connectivity index (χ0v) is 11.0. The Morgan fingerprint density at radius 2 is 2.06 bits per heavy atom. The van der Waals surface area contributed by atoms with Gasteiger partial charge in [-0.1, -0.05) is 28.9 Å². The van der Waals surface area contributed by atoms with Gasteiger partial charge in [0, 0.05) is 10.6 Å². The highest BCUT2D eigenvalue weighted by Crippen LogP contribution is 2.22. The summed E-state index contributed by atoms with van der Waals surface area (Å²) in [5, 5.41) is 4.50. The number of hydrogen-bond donors (Lipinski definition) is 1. The van der Waals surface area contributed by atoms with Crippen molar-refractivity contribution in [3.8, 4) is 11.4 Å². The summed E-state index contributed by atoms with van der Waals surface area (Å²) in [7, 11) is 0. The molecule has 0 amide bonds. The van der Waals surface area contributed by atoms with Crippen LogP contribution in [0.1, 0.15) is 19.7 Å². The molecule has 0 saturated heterocycles. The minimum absolute atomic E-state index is 0. The van der Waals surface area contributed by atoms with E-state index in [0.29, 0.717) is 16.7 Å². The molecule has 2 N–H and O–H groups in total. The van der Waals surface area contributed by atoms with E-state index in [1.54, 1.807) is 12.1 Å². The van der Waals surface area contributed by atoms with Gasteiger partial charge in [-0.15, -0.1) is 12.4 Å². The van der Waals surface area contributed by atoms with Gasteiger partial charge in [0.05, 0.1) is 5.54 Å². The van der Waals surface area contributed by atoms with Crippen LogP contribution >= 0.6 is 24.0 Å². The van der Waals surface area contributed by atoms with Crippen LogP contribution in [0.3, 0.4) is 0 Å². The standard InChI is InChI=1S/C11H12ClN3O.ClH/c1-11(2,13)10-14-9(15-16-10)7-4-3-5-8(12)6-7;/h3-6H,13H2,1-2H3;1H. The first-order valence-electron chi connectivity index (χ1n) is 4.86. The first-order valence-corrected chi connectivity index (χ1v) is 5.23. The Balaban J connectivity index is 0.00000144. The van der Waals surface area contributed by atoms with E-state index in [2.05, 4.69) is 10.1 Å². The van der Waals surface area contributed by atoms with Crippen LogP contribution in [0.25, 0.3) is 11.4 Å². The van der Waals surface area contributed by atoms with Crippen molar-refractivity contribution in [3.63, 3.8) is 0 Å². The molecule has 1 aromatic heterocycles. The van der Waals surface area contributed by atoms with Gasteiger partial charge in [-0.25, -0.2) is 0 Å². The van der Waals surface area contributed by atoms with Crippen molar-refractivity contribution >= 4 is 24.0 Å². The molecule has 0 aliphatic rings. The molecule has 1 heterocycles. The van der Waals surface area contributed by atoms with E-state index in [0.717, 1.165) is 5.56 Å². The van der Waals surface area contributed by atoms with Gasteiger partial charge in [0.15, 0.2) is 0 Å². The summed E-state index contributed by atoms with van der Waals surface area (Å²) in [5.41, 5.74) is 6.03. The molecule has 2 aromatic rings. The molecular weight excluding hydrogens is 261 g/mol. The molecule has 0 spiro atoms. The zero-order valence-electron chi connectivity index (χ0n) is 9.48. The normalized spacial score (nSPS) is 11.1. The van der Waals surface area contributed by atoms with E-state index in [9.17, 15) is 0 Å². The topological polar surface area (TPSA) is 64.9 Å². The van der Waals surface area contributed by atoms with Crippen LogP contribution in [0.5, 0.6) is 0 Å².